The molecule has 0 saturated heterocycles. The van der Waals surface area contributed by atoms with Crippen LogP contribution in [0.25, 0.3) is 5.13 Å². The lowest BCUT2D eigenvalue weighted by Gasteiger charge is -2.02. The maximum Gasteiger partial charge on any atom is 0.236 e. The molecule has 0 saturated carbocycles. The summed E-state index contributed by atoms with van der Waals surface area (Å²) >= 11 is 1.19. The minimum atomic E-state index is -0.172. The maximum atomic E-state index is 10.9. The number of nitrogens with zero attached hydrogens (tertiary/aromatic N) is 4. The SMILES string of the molecule is CC(=O)Nc1ccnn1-c1nnc(N)s1. The summed E-state index contributed by atoms with van der Waals surface area (Å²) in [6.07, 6.45) is 1.56. The highest BCUT2D eigenvalue weighted by Gasteiger charge is 2.09. The van der Waals surface area contributed by atoms with Crippen LogP contribution in [0.1, 0.15) is 6.92 Å². The molecule has 2 aromatic rings. The first kappa shape index (κ1) is 9.59. The summed E-state index contributed by atoms with van der Waals surface area (Å²) in [6.45, 7) is 1.42. The van der Waals surface area contributed by atoms with Crippen molar-refractivity contribution in [1.82, 2.24) is 20.0 Å². The van der Waals surface area contributed by atoms with Crippen molar-refractivity contribution >= 4 is 28.2 Å². The number of carbonyl (C=O) groups excluding carboxylic acids is 1. The molecule has 0 fully saturated rings. The first-order chi connectivity index (χ1) is 7.16. The molecule has 0 radical (unpaired) electrons. The lowest BCUT2D eigenvalue weighted by atomic mass is 10.6. The molecule has 3 N–H and O–H groups in total. The number of nitrogens with one attached hydrogen (secondary N) is 1. The molecule has 7 nitrogen and oxygen atoms in total. The fourth-order valence-corrected chi connectivity index (χ4v) is 1.63. The zero-order chi connectivity index (χ0) is 10.8. The summed E-state index contributed by atoms with van der Waals surface area (Å²) in [4.78, 5) is 10.9. The third kappa shape index (κ3) is 1.94. The third-order valence-corrected chi connectivity index (χ3v) is 2.29. The maximum absolute atomic E-state index is 10.9. The van der Waals surface area contributed by atoms with Gasteiger partial charge in [-0.1, -0.05) is 11.3 Å². The number of aromatic nitrogens is 4. The van der Waals surface area contributed by atoms with Gasteiger partial charge in [-0.2, -0.15) is 9.78 Å². The Labute approximate surface area is 88.9 Å². The lowest BCUT2D eigenvalue weighted by molar-refractivity contribution is -0.114. The lowest BCUT2D eigenvalue weighted by Crippen LogP contribution is -2.10. The van der Waals surface area contributed by atoms with Crippen LogP contribution in [0.3, 0.4) is 0 Å². The predicted octanol–water partition coefficient (Wildman–Crippen LogP) is 0.264. The first-order valence-electron chi connectivity index (χ1n) is 4.08. The minimum Gasteiger partial charge on any atom is -0.374 e. The smallest absolute Gasteiger partial charge is 0.236 e. The van der Waals surface area contributed by atoms with Crippen molar-refractivity contribution in [2.75, 3.05) is 11.1 Å². The molecule has 2 aromatic heterocycles. The van der Waals surface area contributed by atoms with Crippen molar-refractivity contribution in [1.29, 1.82) is 0 Å². The van der Waals surface area contributed by atoms with Crippen molar-refractivity contribution in [3.8, 4) is 5.13 Å². The van der Waals surface area contributed by atoms with Crippen LogP contribution in [0, 0.1) is 0 Å². The number of nitrogen functional groups attached to an aromatic ring is 1. The third-order valence-electron chi connectivity index (χ3n) is 1.56. The predicted molar refractivity (Wildman–Crippen MR) is 55.7 cm³/mol. The number of anilines is 2. The summed E-state index contributed by atoms with van der Waals surface area (Å²) < 4.78 is 1.47. The Kier molecular flexibility index (Phi) is 2.34. The van der Waals surface area contributed by atoms with Crippen LogP contribution in [-0.2, 0) is 4.79 Å². The van der Waals surface area contributed by atoms with E-state index < -0.39 is 0 Å². The molecule has 0 spiro atoms. The van der Waals surface area contributed by atoms with Gasteiger partial charge in [0.25, 0.3) is 0 Å². The van der Waals surface area contributed by atoms with E-state index in [1.54, 1.807) is 12.3 Å². The van der Waals surface area contributed by atoms with E-state index in [4.69, 9.17) is 5.73 Å². The summed E-state index contributed by atoms with van der Waals surface area (Å²) in [7, 11) is 0. The van der Waals surface area contributed by atoms with Gasteiger partial charge in [0, 0.05) is 13.0 Å². The number of carbonyl (C=O) groups is 1. The standard InChI is InChI=1S/C7H8N6OS/c1-4(14)10-5-2-3-9-13(5)7-12-11-6(8)15-7/h2-3H,1H3,(H2,8,11)(H,10,14). The second-order valence-corrected chi connectivity index (χ2v) is 3.72. The quantitative estimate of drug-likeness (QED) is 0.762. The van der Waals surface area contributed by atoms with Gasteiger partial charge in [-0.25, -0.2) is 0 Å². The Balaban J connectivity index is 2.36. The highest BCUT2D eigenvalue weighted by molar-refractivity contribution is 7.17. The molecule has 1 amide bonds. The van der Waals surface area contributed by atoms with Gasteiger partial charge in [0.05, 0.1) is 6.20 Å². The van der Waals surface area contributed by atoms with Crippen LogP contribution < -0.4 is 11.1 Å². The fourth-order valence-electron chi connectivity index (χ4n) is 1.04. The monoisotopic (exact) mass is 224 g/mol. The Bertz CT molecular complexity index is 489. The number of hydrogen-bond donors (Lipinski definition) is 2. The zero-order valence-corrected chi connectivity index (χ0v) is 8.65. The molecule has 15 heavy (non-hydrogen) atoms. The van der Waals surface area contributed by atoms with Crippen molar-refractivity contribution < 1.29 is 4.79 Å². The van der Waals surface area contributed by atoms with Crippen LogP contribution in [0.15, 0.2) is 12.3 Å². The molecule has 0 aliphatic carbocycles. The molecule has 0 aliphatic rings. The second kappa shape index (κ2) is 3.65. The zero-order valence-electron chi connectivity index (χ0n) is 7.84. The molecule has 2 rings (SSSR count). The normalized spacial score (nSPS) is 10.2. The van der Waals surface area contributed by atoms with E-state index in [1.165, 1.54) is 22.9 Å². The van der Waals surface area contributed by atoms with Gasteiger partial charge in [0.1, 0.15) is 5.82 Å². The summed E-state index contributed by atoms with van der Waals surface area (Å²) in [5.41, 5.74) is 5.45. The van der Waals surface area contributed by atoms with E-state index in [-0.39, 0.29) is 5.91 Å². The van der Waals surface area contributed by atoms with Gasteiger partial charge in [-0.3, -0.25) is 4.79 Å². The van der Waals surface area contributed by atoms with E-state index >= 15 is 0 Å². The van der Waals surface area contributed by atoms with E-state index in [9.17, 15) is 4.79 Å². The molecular formula is C7H8N6OS. The molecule has 0 bridgehead atoms. The van der Waals surface area contributed by atoms with E-state index in [1.807, 2.05) is 0 Å². The first-order valence-corrected chi connectivity index (χ1v) is 4.89. The van der Waals surface area contributed by atoms with Gasteiger partial charge in [0.15, 0.2) is 0 Å². The number of hydrogen-bond acceptors (Lipinski definition) is 6. The number of nitrogens with two attached hydrogens (primary N) is 1. The highest BCUT2D eigenvalue weighted by Crippen LogP contribution is 2.19. The van der Waals surface area contributed by atoms with Crippen molar-refractivity contribution in [3.63, 3.8) is 0 Å². The Hall–Kier alpha value is -1.96. The van der Waals surface area contributed by atoms with Gasteiger partial charge < -0.3 is 11.1 Å². The number of amides is 1. The molecule has 0 aliphatic heterocycles. The van der Waals surface area contributed by atoms with Crippen LogP contribution in [0.4, 0.5) is 10.9 Å². The molecule has 78 valence electrons. The van der Waals surface area contributed by atoms with Crippen LogP contribution in [0.5, 0.6) is 0 Å². The number of rotatable bonds is 2. The Morgan fingerprint density at radius 3 is 3.00 bits per heavy atom. The highest BCUT2D eigenvalue weighted by atomic mass is 32.1. The van der Waals surface area contributed by atoms with E-state index in [0.29, 0.717) is 16.1 Å². The molecule has 8 heteroatoms. The Morgan fingerprint density at radius 1 is 1.60 bits per heavy atom. The van der Waals surface area contributed by atoms with Gasteiger partial charge in [0.2, 0.25) is 16.2 Å². The topological polar surface area (TPSA) is 98.7 Å². The van der Waals surface area contributed by atoms with E-state index in [2.05, 4.69) is 20.6 Å². The summed E-state index contributed by atoms with van der Waals surface area (Å²) in [6, 6.07) is 1.67. The minimum absolute atomic E-state index is 0.172. The van der Waals surface area contributed by atoms with Gasteiger partial charge >= 0.3 is 0 Å². The fraction of sp³-hybridized carbons (Fsp3) is 0.143. The summed E-state index contributed by atoms with van der Waals surface area (Å²) in [5.74, 6) is 0.368. The average Bonchev–Trinajstić information content (AvgIpc) is 2.72. The van der Waals surface area contributed by atoms with Gasteiger partial charge in [-0.15, -0.1) is 10.2 Å². The van der Waals surface area contributed by atoms with Crippen LogP contribution in [0.2, 0.25) is 0 Å². The molecular weight excluding hydrogens is 216 g/mol. The summed E-state index contributed by atoms with van der Waals surface area (Å²) in [5, 5.41) is 15.0. The second-order valence-electron chi connectivity index (χ2n) is 2.73. The van der Waals surface area contributed by atoms with Crippen molar-refractivity contribution in [2.45, 2.75) is 6.92 Å². The van der Waals surface area contributed by atoms with Crippen molar-refractivity contribution in [2.24, 2.45) is 0 Å². The van der Waals surface area contributed by atoms with Crippen molar-refractivity contribution in [3.05, 3.63) is 12.3 Å². The Morgan fingerprint density at radius 2 is 2.40 bits per heavy atom. The molecule has 2 heterocycles. The largest absolute Gasteiger partial charge is 0.374 e. The molecule has 0 unspecified atom stereocenters. The van der Waals surface area contributed by atoms with Crippen LogP contribution >= 0.6 is 11.3 Å². The van der Waals surface area contributed by atoms with Crippen LogP contribution in [-0.4, -0.2) is 25.9 Å². The molecule has 0 aromatic carbocycles. The molecule has 0 atom stereocenters. The average molecular weight is 224 g/mol. The van der Waals surface area contributed by atoms with Gasteiger partial charge in [-0.05, 0) is 0 Å². The van der Waals surface area contributed by atoms with E-state index in [0.717, 1.165) is 0 Å².